The molecule has 0 atom stereocenters. The minimum atomic E-state index is 0.958. The number of hydrogen-bond donors (Lipinski definition) is 1. The first-order valence-corrected chi connectivity index (χ1v) is 6.30. The molecule has 1 N–H and O–H groups in total. The Balaban J connectivity index is 2.63. The standard InChI is InChI=1S/C14H24N2O/c1-4-10-16(11-9-15-2)12-13-7-5-6-8-14(13)17-3/h5-8,15H,4,9-12H2,1-3H3. The summed E-state index contributed by atoms with van der Waals surface area (Å²) in [4.78, 5) is 2.45. The maximum atomic E-state index is 5.39. The zero-order chi connectivity index (χ0) is 12.5. The normalized spacial score (nSPS) is 10.8. The molecule has 0 aliphatic heterocycles. The molecule has 3 nitrogen and oxygen atoms in total. The highest BCUT2D eigenvalue weighted by Crippen LogP contribution is 2.19. The summed E-state index contributed by atoms with van der Waals surface area (Å²) in [7, 11) is 3.73. The summed E-state index contributed by atoms with van der Waals surface area (Å²) in [6.07, 6.45) is 1.18. The van der Waals surface area contributed by atoms with Gasteiger partial charge in [0.2, 0.25) is 0 Å². The predicted octanol–water partition coefficient (Wildman–Crippen LogP) is 2.13. The van der Waals surface area contributed by atoms with E-state index in [9.17, 15) is 0 Å². The number of hydrogen-bond acceptors (Lipinski definition) is 3. The first kappa shape index (κ1) is 14.0. The number of rotatable bonds is 8. The molecule has 3 heteroatoms. The number of benzene rings is 1. The Kier molecular flexibility index (Phi) is 6.67. The van der Waals surface area contributed by atoms with Crippen molar-refractivity contribution in [3.63, 3.8) is 0 Å². The highest BCUT2D eigenvalue weighted by molar-refractivity contribution is 5.33. The minimum Gasteiger partial charge on any atom is -0.496 e. The molecule has 0 bridgehead atoms. The molecule has 1 rings (SSSR count). The zero-order valence-corrected chi connectivity index (χ0v) is 11.2. The van der Waals surface area contributed by atoms with Crippen molar-refractivity contribution in [2.45, 2.75) is 19.9 Å². The van der Waals surface area contributed by atoms with Crippen molar-refractivity contribution in [2.75, 3.05) is 33.8 Å². The monoisotopic (exact) mass is 236 g/mol. The molecule has 0 amide bonds. The van der Waals surface area contributed by atoms with Crippen LogP contribution in [0.1, 0.15) is 18.9 Å². The van der Waals surface area contributed by atoms with Crippen LogP contribution in [0.2, 0.25) is 0 Å². The van der Waals surface area contributed by atoms with Crippen molar-refractivity contribution in [1.82, 2.24) is 10.2 Å². The quantitative estimate of drug-likeness (QED) is 0.748. The Bertz CT molecular complexity index is 315. The third-order valence-corrected chi connectivity index (χ3v) is 2.80. The van der Waals surface area contributed by atoms with Gasteiger partial charge in [0.15, 0.2) is 0 Å². The summed E-state index contributed by atoms with van der Waals surface area (Å²) in [6, 6.07) is 8.25. The lowest BCUT2D eigenvalue weighted by atomic mass is 10.2. The second-order valence-electron chi connectivity index (χ2n) is 4.19. The molecule has 0 aliphatic rings. The van der Waals surface area contributed by atoms with Gasteiger partial charge in [0.1, 0.15) is 5.75 Å². The molecule has 0 saturated heterocycles. The lowest BCUT2D eigenvalue weighted by Gasteiger charge is -2.22. The average molecular weight is 236 g/mol. The predicted molar refractivity (Wildman–Crippen MR) is 72.5 cm³/mol. The Hall–Kier alpha value is -1.06. The van der Waals surface area contributed by atoms with Crippen LogP contribution in [0.4, 0.5) is 0 Å². The van der Waals surface area contributed by atoms with Crippen LogP contribution in [0.15, 0.2) is 24.3 Å². The first-order valence-electron chi connectivity index (χ1n) is 6.30. The van der Waals surface area contributed by atoms with Gasteiger partial charge in [0.25, 0.3) is 0 Å². The molecule has 1 aromatic carbocycles. The number of ether oxygens (including phenoxy) is 1. The summed E-state index contributed by atoms with van der Waals surface area (Å²) < 4.78 is 5.39. The van der Waals surface area contributed by atoms with Gasteiger partial charge < -0.3 is 10.1 Å². The van der Waals surface area contributed by atoms with Crippen LogP contribution >= 0.6 is 0 Å². The Morgan fingerprint density at radius 3 is 2.65 bits per heavy atom. The van der Waals surface area contributed by atoms with Crippen molar-refractivity contribution in [1.29, 1.82) is 0 Å². The van der Waals surface area contributed by atoms with Crippen LogP contribution in [0.5, 0.6) is 5.75 Å². The van der Waals surface area contributed by atoms with E-state index in [4.69, 9.17) is 4.74 Å². The fourth-order valence-electron chi connectivity index (χ4n) is 1.93. The zero-order valence-electron chi connectivity index (χ0n) is 11.2. The summed E-state index contributed by atoms with van der Waals surface area (Å²) in [5.41, 5.74) is 1.26. The highest BCUT2D eigenvalue weighted by atomic mass is 16.5. The van der Waals surface area contributed by atoms with Crippen molar-refractivity contribution >= 4 is 0 Å². The van der Waals surface area contributed by atoms with Crippen LogP contribution in [-0.2, 0) is 6.54 Å². The van der Waals surface area contributed by atoms with Crippen LogP contribution in [0.3, 0.4) is 0 Å². The van der Waals surface area contributed by atoms with Crippen LogP contribution in [0, 0.1) is 0 Å². The molecule has 0 radical (unpaired) electrons. The van der Waals surface area contributed by atoms with E-state index in [1.807, 2.05) is 19.2 Å². The van der Waals surface area contributed by atoms with Crippen molar-refractivity contribution in [3.8, 4) is 5.75 Å². The number of para-hydroxylation sites is 1. The second-order valence-corrected chi connectivity index (χ2v) is 4.19. The molecule has 1 aromatic rings. The number of likely N-dealkylation sites (N-methyl/N-ethyl adjacent to an activating group) is 1. The van der Waals surface area contributed by atoms with Crippen LogP contribution in [0.25, 0.3) is 0 Å². The summed E-state index contributed by atoms with van der Waals surface area (Å²) in [5.74, 6) is 0.984. The van der Waals surface area contributed by atoms with E-state index in [1.165, 1.54) is 12.0 Å². The van der Waals surface area contributed by atoms with Gasteiger partial charge in [-0.3, -0.25) is 4.90 Å². The molecule has 17 heavy (non-hydrogen) atoms. The molecule has 0 aliphatic carbocycles. The van der Waals surface area contributed by atoms with E-state index >= 15 is 0 Å². The van der Waals surface area contributed by atoms with Crippen LogP contribution < -0.4 is 10.1 Å². The third-order valence-electron chi connectivity index (χ3n) is 2.80. The maximum Gasteiger partial charge on any atom is 0.123 e. The highest BCUT2D eigenvalue weighted by Gasteiger charge is 2.08. The Morgan fingerprint density at radius 1 is 1.24 bits per heavy atom. The van der Waals surface area contributed by atoms with E-state index in [0.29, 0.717) is 0 Å². The number of nitrogens with zero attached hydrogens (tertiary/aromatic N) is 1. The Morgan fingerprint density at radius 2 is 2.00 bits per heavy atom. The number of methoxy groups -OCH3 is 1. The molecule has 0 spiro atoms. The third kappa shape index (κ3) is 4.75. The minimum absolute atomic E-state index is 0.958. The van der Waals surface area contributed by atoms with Gasteiger partial charge in [0.05, 0.1) is 7.11 Å². The Labute approximate surface area is 105 Å². The van der Waals surface area contributed by atoms with E-state index in [0.717, 1.165) is 31.9 Å². The van der Waals surface area contributed by atoms with Gasteiger partial charge in [-0.2, -0.15) is 0 Å². The van der Waals surface area contributed by atoms with Crippen molar-refractivity contribution < 1.29 is 4.74 Å². The second kappa shape index (κ2) is 8.09. The van der Waals surface area contributed by atoms with E-state index in [-0.39, 0.29) is 0 Å². The largest absolute Gasteiger partial charge is 0.496 e. The maximum absolute atomic E-state index is 5.39. The first-order chi connectivity index (χ1) is 8.31. The lowest BCUT2D eigenvalue weighted by molar-refractivity contribution is 0.263. The fraction of sp³-hybridized carbons (Fsp3) is 0.571. The van der Waals surface area contributed by atoms with Gasteiger partial charge in [0, 0.05) is 25.2 Å². The smallest absolute Gasteiger partial charge is 0.123 e. The molecular formula is C14H24N2O. The molecule has 0 unspecified atom stereocenters. The molecule has 0 aromatic heterocycles. The summed E-state index contributed by atoms with van der Waals surface area (Å²) >= 11 is 0. The molecule has 0 saturated carbocycles. The number of nitrogens with one attached hydrogen (secondary N) is 1. The summed E-state index contributed by atoms with van der Waals surface area (Å²) in [6.45, 7) is 6.39. The van der Waals surface area contributed by atoms with Gasteiger partial charge in [-0.25, -0.2) is 0 Å². The van der Waals surface area contributed by atoms with Gasteiger partial charge in [-0.15, -0.1) is 0 Å². The summed E-state index contributed by atoms with van der Waals surface area (Å²) in [5, 5.41) is 3.20. The molecule has 96 valence electrons. The van der Waals surface area contributed by atoms with Crippen molar-refractivity contribution in [3.05, 3.63) is 29.8 Å². The van der Waals surface area contributed by atoms with Gasteiger partial charge in [-0.05, 0) is 26.1 Å². The van der Waals surface area contributed by atoms with Crippen LogP contribution in [-0.4, -0.2) is 38.7 Å². The molecule has 0 heterocycles. The van der Waals surface area contributed by atoms with E-state index in [1.54, 1.807) is 7.11 Å². The van der Waals surface area contributed by atoms with Gasteiger partial charge in [-0.1, -0.05) is 25.1 Å². The van der Waals surface area contributed by atoms with Gasteiger partial charge >= 0.3 is 0 Å². The molecule has 0 fully saturated rings. The topological polar surface area (TPSA) is 24.5 Å². The van der Waals surface area contributed by atoms with E-state index < -0.39 is 0 Å². The van der Waals surface area contributed by atoms with E-state index in [2.05, 4.69) is 29.3 Å². The van der Waals surface area contributed by atoms with Crippen molar-refractivity contribution in [2.24, 2.45) is 0 Å². The fourth-order valence-corrected chi connectivity index (χ4v) is 1.93. The SMILES string of the molecule is CCCN(CCNC)Cc1ccccc1OC. The average Bonchev–Trinajstić information content (AvgIpc) is 2.37. The lowest BCUT2D eigenvalue weighted by Crippen LogP contribution is -2.31. The molecular weight excluding hydrogens is 212 g/mol.